The quantitative estimate of drug-likeness (QED) is 0.869. The molecule has 17 heavy (non-hydrogen) atoms. The molecule has 0 heterocycles. The molecule has 0 bridgehead atoms. The average molecular weight is 254 g/mol. The molecular weight excluding hydrogens is 236 g/mol. The van der Waals surface area contributed by atoms with E-state index in [0.29, 0.717) is 11.4 Å². The lowest BCUT2D eigenvalue weighted by Crippen LogP contribution is -2.23. The molecule has 1 aliphatic rings. The highest BCUT2D eigenvalue weighted by Crippen LogP contribution is 2.47. The summed E-state index contributed by atoms with van der Waals surface area (Å²) in [6, 6.07) is 7.10. The van der Waals surface area contributed by atoms with Crippen molar-refractivity contribution in [2.24, 2.45) is 5.73 Å². The van der Waals surface area contributed by atoms with Crippen LogP contribution in [0, 0.1) is 0 Å². The molecule has 0 amide bonds. The number of hydrogen-bond donors (Lipinski definition) is 1. The van der Waals surface area contributed by atoms with Gasteiger partial charge in [-0.2, -0.15) is 0 Å². The van der Waals surface area contributed by atoms with Crippen molar-refractivity contribution in [3.8, 4) is 0 Å². The monoisotopic (exact) mass is 254 g/mol. The summed E-state index contributed by atoms with van der Waals surface area (Å²) in [5, 5.41) is 0. The first-order valence-electron chi connectivity index (χ1n) is 5.65. The Morgan fingerprint density at radius 1 is 1.24 bits per heavy atom. The van der Waals surface area contributed by atoms with Crippen LogP contribution in [0.5, 0.6) is 0 Å². The van der Waals surface area contributed by atoms with Gasteiger partial charge in [0.05, 0.1) is 4.90 Å². The van der Waals surface area contributed by atoms with Crippen LogP contribution in [0.4, 0.5) is 0 Å². The third-order valence-electron chi connectivity index (χ3n) is 3.49. The molecule has 0 saturated heterocycles. The minimum atomic E-state index is -3.32. The summed E-state index contributed by atoms with van der Waals surface area (Å²) in [4.78, 5) is 0.332. The predicted octanol–water partition coefficient (Wildman–Crippen LogP) is 0.927. The van der Waals surface area contributed by atoms with Crippen molar-refractivity contribution in [3.63, 3.8) is 0 Å². The molecule has 0 atom stereocenters. The maximum absolute atomic E-state index is 11.9. The molecule has 2 rings (SSSR count). The molecular formula is C12H18N2O2S. The second-order valence-electron chi connectivity index (χ2n) is 4.80. The fourth-order valence-electron chi connectivity index (χ4n) is 1.95. The zero-order chi connectivity index (χ0) is 12.7. The van der Waals surface area contributed by atoms with Gasteiger partial charge in [-0.05, 0) is 30.5 Å². The minimum Gasteiger partial charge on any atom is -0.330 e. The van der Waals surface area contributed by atoms with E-state index in [9.17, 15) is 8.42 Å². The molecule has 0 spiro atoms. The van der Waals surface area contributed by atoms with E-state index in [2.05, 4.69) is 0 Å². The first-order chi connectivity index (χ1) is 7.92. The van der Waals surface area contributed by atoms with Gasteiger partial charge in [0.15, 0.2) is 0 Å². The largest absolute Gasteiger partial charge is 0.330 e. The molecule has 0 aromatic heterocycles. The number of nitrogens with zero attached hydrogens (tertiary/aromatic N) is 1. The smallest absolute Gasteiger partial charge is 0.242 e. The lowest BCUT2D eigenvalue weighted by molar-refractivity contribution is 0.520. The van der Waals surface area contributed by atoms with E-state index in [0.717, 1.165) is 18.4 Å². The topological polar surface area (TPSA) is 63.4 Å². The van der Waals surface area contributed by atoms with Crippen LogP contribution in [-0.2, 0) is 15.4 Å². The van der Waals surface area contributed by atoms with Crippen LogP contribution in [0.2, 0.25) is 0 Å². The number of benzene rings is 1. The van der Waals surface area contributed by atoms with Gasteiger partial charge >= 0.3 is 0 Å². The van der Waals surface area contributed by atoms with Gasteiger partial charge in [0.25, 0.3) is 0 Å². The SMILES string of the molecule is CN(C)S(=O)(=O)c1ccc(C2(CN)CC2)cc1. The maximum Gasteiger partial charge on any atom is 0.242 e. The van der Waals surface area contributed by atoms with Crippen LogP contribution in [-0.4, -0.2) is 33.4 Å². The zero-order valence-corrected chi connectivity index (χ0v) is 11.0. The third kappa shape index (κ3) is 2.10. The van der Waals surface area contributed by atoms with Gasteiger partial charge in [0.1, 0.15) is 0 Å². The summed E-state index contributed by atoms with van der Waals surface area (Å²) >= 11 is 0. The summed E-state index contributed by atoms with van der Waals surface area (Å²) in [6.07, 6.45) is 2.20. The van der Waals surface area contributed by atoms with Crippen LogP contribution in [0.3, 0.4) is 0 Å². The summed E-state index contributed by atoms with van der Waals surface area (Å²) in [6.45, 7) is 0.632. The van der Waals surface area contributed by atoms with Crippen molar-refractivity contribution in [1.29, 1.82) is 0 Å². The van der Waals surface area contributed by atoms with Crippen molar-refractivity contribution in [1.82, 2.24) is 4.31 Å². The Bertz CT molecular complexity index is 502. The van der Waals surface area contributed by atoms with E-state index in [1.165, 1.54) is 18.4 Å². The third-order valence-corrected chi connectivity index (χ3v) is 5.32. The van der Waals surface area contributed by atoms with Gasteiger partial charge in [0, 0.05) is 26.1 Å². The van der Waals surface area contributed by atoms with Crippen molar-refractivity contribution in [2.75, 3.05) is 20.6 Å². The van der Waals surface area contributed by atoms with Crippen molar-refractivity contribution in [3.05, 3.63) is 29.8 Å². The molecule has 94 valence electrons. The fraction of sp³-hybridized carbons (Fsp3) is 0.500. The summed E-state index contributed by atoms with van der Waals surface area (Å²) < 4.78 is 25.0. The maximum atomic E-state index is 11.9. The Morgan fingerprint density at radius 3 is 2.12 bits per heavy atom. The van der Waals surface area contributed by atoms with Crippen LogP contribution in [0.25, 0.3) is 0 Å². The number of rotatable bonds is 4. The van der Waals surface area contributed by atoms with Crippen molar-refractivity contribution < 1.29 is 8.42 Å². The van der Waals surface area contributed by atoms with E-state index in [-0.39, 0.29) is 5.41 Å². The van der Waals surface area contributed by atoms with Crippen LogP contribution in [0.1, 0.15) is 18.4 Å². The van der Waals surface area contributed by atoms with E-state index >= 15 is 0 Å². The minimum absolute atomic E-state index is 0.112. The first kappa shape index (κ1) is 12.5. The first-order valence-corrected chi connectivity index (χ1v) is 7.09. The van der Waals surface area contributed by atoms with Crippen LogP contribution < -0.4 is 5.73 Å². The molecule has 1 aromatic rings. The Kier molecular flexibility index (Phi) is 3.01. The molecule has 1 saturated carbocycles. The molecule has 2 N–H and O–H groups in total. The van der Waals surface area contributed by atoms with Crippen LogP contribution >= 0.6 is 0 Å². The molecule has 4 nitrogen and oxygen atoms in total. The molecule has 5 heteroatoms. The number of hydrogen-bond acceptors (Lipinski definition) is 3. The highest BCUT2D eigenvalue weighted by Gasteiger charge is 2.42. The Labute approximate surface area is 102 Å². The molecule has 1 aromatic carbocycles. The van der Waals surface area contributed by atoms with Crippen LogP contribution in [0.15, 0.2) is 29.2 Å². The van der Waals surface area contributed by atoms with Gasteiger partial charge < -0.3 is 5.73 Å². The fourth-order valence-corrected chi connectivity index (χ4v) is 2.85. The average Bonchev–Trinajstić information content (AvgIpc) is 3.10. The van der Waals surface area contributed by atoms with Gasteiger partial charge in [-0.25, -0.2) is 12.7 Å². The van der Waals surface area contributed by atoms with Gasteiger partial charge in [0.2, 0.25) is 10.0 Å². The Balaban J connectivity index is 2.31. The summed E-state index contributed by atoms with van der Waals surface area (Å²) in [7, 11) is -0.257. The molecule has 0 unspecified atom stereocenters. The number of sulfonamides is 1. The van der Waals surface area contributed by atoms with Gasteiger partial charge in [-0.15, -0.1) is 0 Å². The Morgan fingerprint density at radius 2 is 1.76 bits per heavy atom. The standard InChI is InChI=1S/C12H18N2O2S/c1-14(2)17(15,16)11-5-3-10(4-6-11)12(9-13)7-8-12/h3-6H,7-9,13H2,1-2H3. The summed E-state index contributed by atoms with van der Waals surface area (Å²) in [5.41, 5.74) is 7.01. The normalized spacial score (nSPS) is 18.4. The highest BCUT2D eigenvalue weighted by atomic mass is 32.2. The van der Waals surface area contributed by atoms with Crippen molar-refractivity contribution >= 4 is 10.0 Å². The lowest BCUT2D eigenvalue weighted by Gasteiger charge is -2.15. The second kappa shape index (κ2) is 4.08. The van der Waals surface area contributed by atoms with Crippen molar-refractivity contribution in [2.45, 2.75) is 23.2 Å². The second-order valence-corrected chi connectivity index (χ2v) is 6.95. The highest BCUT2D eigenvalue weighted by molar-refractivity contribution is 7.89. The van der Waals surface area contributed by atoms with E-state index in [1.54, 1.807) is 12.1 Å². The zero-order valence-electron chi connectivity index (χ0n) is 10.2. The molecule has 0 radical (unpaired) electrons. The molecule has 0 aliphatic heterocycles. The molecule has 1 fully saturated rings. The summed E-state index contributed by atoms with van der Waals surface area (Å²) in [5.74, 6) is 0. The lowest BCUT2D eigenvalue weighted by atomic mass is 9.96. The van der Waals surface area contributed by atoms with E-state index in [1.807, 2.05) is 12.1 Å². The van der Waals surface area contributed by atoms with E-state index < -0.39 is 10.0 Å². The number of nitrogens with two attached hydrogens (primary N) is 1. The van der Waals surface area contributed by atoms with E-state index in [4.69, 9.17) is 5.73 Å². The van der Waals surface area contributed by atoms with Gasteiger partial charge in [-0.1, -0.05) is 12.1 Å². The predicted molar refractivity (Wildman–Crippen MR) is 67.3 cm³/mol. The molecule has 1 aliphatic carbocycles. The Hall–Kier alpha value is -0.910. The van der Waals surface area contributed by atoms with Gasteiger partial charge in [-0.3, -0.25) is 0 Å².